The molecule has 4 aromatic rings. The van der Waals surface area contributed by atoms with Gasteiger partial charge in [-0.1, -0.05) is 44.2 Å². The first-order valence-corrected chi connectivity index (χ1v) is 13.4. The Morgan fingerprint density at radius 2 is 1.42 bits per heavy atom. The number of benzene rings is 3. The quantitative estimate of drug-likeness (QED) is 0.142. The highest BCUT2D eigenvalue weighted by molar-refractivity contribution is 6.19. The summed E-state index contributed by atoms with van der Waals surface area (Å²) < 4.78 is 10.3. The van der Waals surface area contributed by atoms with Crippen molar-refractivity contribution in [3.63, 3.8) is 0 Å². The standard InChI is InChI=1S/C30H30N2O4.C2H6/c1-19(33)35-14-6-8-21-12-13-26-24(16-21)25-17-22(9-7-15-36-20(2)34)18-28-29(25)30(31-26)23-10-4-5-11-27(23)32(28)3;1-2/h4-5,10-13,16-18H,6-9,14-15H2,1-3H3;1-2H3. The predicted octanol–water partition coefficient (Wildman–Crippen LogP) is 7.15. The van der Waals surface area contributed by atoms with Crippen LogP contribution >= 0.6 is 0 Å². The first-order valence-electron chi connectivity index (χ1n) is 13.4. The van der Waals surface area contributed by atoms with Gasteiger partial charge in [0.2, 0.25) is 0 Å². The fraction of sp³-hybridized carbons (Fsp3) is 0.344. The van der Waals surface area contributed by atoms with E-state index >= 15 is 0 Å². The van der Waals surface area contributed by atoms with Gasteiger partial charge in [-0.25, -0.2) is 4.98 Å². The van der Waals surface area contributed by atoms with E-state index in [2.05, 4.69) is 66.5 Å². The number of carbonyl (C=O) groups excluding carboxylic acids is 2. The van der Waals surface area contributed by atoms with Gasteiger partial charge in [0.05, 0.1) is 35.8 Å². The molecule has 5 rings (SSSR count). The third kappa shape index (κ3) is 5.64. The summed E-state index contributed by atoms with van der Waals surface area (Å²) in [5, 5.41) is 3.46. The lowest BCUT2D eigenvalue weighted by atomic mass is 9.91. The summed E-state index contributed by atoms with van der Waals surface area (Å²) in [5.41, 5.74) is 7.77. The van der Waals surface area contributed by atoms with Gasteiger partial charge < -0.3 is 14.4 Å². The van der Waals surface area contributed by atoms with Crippen LogP contribution < -0.4 is 4.90 Å². The van der Waals surface area contributed by atoms with Crippen molar-refractivity contribution in [2.75, 3.05) is 25.2 Å². The Morgan fingerprint density at radius 1 is 0.789 bits per heavy atom. The molecule has 0 amide bonds. The second-order valence-corrected chi connectivity index (χ2v) is 9.31. The molecule has 0 N–H and O–H groups in total. The van der Waals surface area contributed by atoms with Crippen molar-refractivity contribution in [2.45, 2.75) is 53.4 Å². The van der Waals surface area contributed by atoms with E-state index < -0.39 is 0 Å². The molecule has 0 saturated carbocycles. The number of ether oxygens (including phenoxy) is 2. The summed E-state index contributed by atoms with van der Waals surface area (Å²) >= 11 is 0. The molecule has 3 aromatic carbocycles. The van der Waals surface area contributed by atoms with E-state index in [0.717, 1.165) is 64.6 Å². The number of esters is 2. The molecule has 0 unspecified atom stereocenters. The van der Waals surface area contributed by atoms with Gasteiger partial charge in [-0.15, -0.1) is 0 Å². The van der Waals surface area contributed by atoms with Gasteiger partial charge >= 0.3 is 11.9 Å². The molecular weight excluding hydrogens is 476 g/mol. The van der Waals surface area contributed by atoms with Gasteiger partial charge in [-0.2, -0.15) is 0 Å². The molecular formula is C32H36N2O4. The number of pyridine rings is 1. The Labute approximate surface area is 224 Å². The van der Waals surface area contributed by atoms with Crippen molar-refractivity contribution in [3.8, 4) is 11.3 Å². The van der Waals surface area contributed by atoms with E-state index in [1.54, 1.807) is 0 Å². The Bertz CT molecular complexity index is 1480. The second-order valence-electron chi connectivity index (χ2n) is 9.31. The molecule has 0 atom stereocenters. The molecule has 0 spiro atoms. The first-order chi connectivity index (χ1) is 18.4. The molecule has 198 valence electrons. The van der Waals surface area contributed by atoms with Gasteiger partial charge in [0.15, 0.2) is 0 Å². The minimum Gasteiger partial charge on any atom is -0.466 e. The van der Waals surface area contributed by atoms with Crippen molar-refractivity contribution in [3.05, 3.63) is 65.7 Å². The molecule has 6 heteroatoms. The molecule has 0 saturated heterocycles. The lowest BCUT2D eigenvalue weighted by Crippen LogP contribution is -2.16. The van der Waals surface area contributed by atoms with Crippen molar-refractivity contribution in [1.29, 1.82) is 0 Å². The van der Waals surface area contributed by atoms with Crippen LogP contribution in [0, 0.1) is 0 Å². The summed E-state index contributed by atoms with van der Waals surface area (Å²) in [6, 6.07) is 19.3. The highest BCUT2D eigenvalue weighted by Gasteiger charge is 2.25. The smallest absolute Gasteiger partial charge is 0.302 e. The van der Waals surface area contributed by atoms with Crippen molar-refractivity contribution < 1.29 is 19.1 Å². The fourth-order valence-electron chi connectivity index (χ4n) is 5.06. The molecule has 0 radical (unpaired) electrons. The van der Waals surface area contributed by atoms with Crippen LogP contribution in [0.2, 0.25) is 0 Å². The van der Waals surface area contributed by atoms with Crippen LogP contribution in [0.15, 0.2) is 54.6 Å². The van der Waals surface area contributed by atoms with Crippen molar-refractivity contribution in [2.24, 2.45) is 0 Å². The molecule has 1 aromatic heterocycles. The molecule has 6 nitrogen and oxygen atoms in total. The van der Waals surface area contributed by atoms with Gasteiger partial charge in [-0.05, 0) is 66.5 Å². The van der Waals surface area contributed by atoms with Gasteiger partial charge in [-0.3, -0.25) is 9.59 Å². The van der Waals surface area contributed by atoms with Crippen molar-refractivity contribution in [1.82, 2.24) is 4.98 Å². The van der Waals surface area contributed by atoms with Crippen LogP contribution in [-0.4, -0.2) is 37.2 Å². The number of nitrogens with zero attached hydrogens (tertiary/aromatic N) is 2. The molecule has 1 aliphatic rings. The average molecular weight is 513 g/mol. The summed E-state index contributed by atoms with van der Waals surface area (Å²) in [4.78, 5) is 29.7. The summed E-state index contributed by atoms with van der Waals surface area (Å²) in [6.07, 6.45) is 3.18. The number of carbonyl (C=O) groups is 2. The summed E-state index contributed by atoms with van der Waals surface area (Å²) in [6.45, 7) is 7.71. The summed E-state index contributed by atoms with van der Waals surface area (Å²) in [7, 11) is 2.11. The number of aromatic nitrogens is 1. The highest BCUT2D eigenvalue weighted by atomic mass is 16.5. The lowest BCUT2D eigenvalue weighted by Gasteiger charge is -2.30. The third-order valence-corrected chi connectivity index (χ3v) is 6.71. The Balaban J connectivity index is 0.00000164. The van der Waals surface area contributed by atoms with Crippen LogP contribution in [0.4, 0.5) is 11.4 Å². The number of hydrogen-bond acceptors (Lipinski definition) is 6. The van der Waals surface area contributed by atoms with Crippen molar-refractivity contribution >= 4 is 45.0 Å². The van der Waals surface area contributed by atoms with E-state index in [4.69, 9.17) is 14.5 Å². The third-order valence-electron chi connectivity index (χ3n) is 6.71. The average Bonchev–Trinajstić information content (AvgIpc) is 2.92. The maximum atomic E-state index is 11.2. The van der Waals surface area contributed by atoms with E-state index in [9.17, 15) is 9.59 Å². The minimum absolute atomic E-state index is 0.246. The number of anilines is 2. The highest BCUT2D eigenvalue weighted by Crippen LogP contribution is 2.48. The van der Waals surface area contributed by atoms with E-state index in [-0.39, 0.29) is 11.9 Å². The van der Waals surface area contributed by atoms with Crippen LogP contribution in [0.25, 0.3) is 32.9 Å². The SMILES string of the molecule is CC.CC(=O)OCCCc1ccc2nc3c4c(cc(CCCOC(C)=O)cc4c2c1)N(C)c1ccccc1-3. The maximum Gasteiger partial charge on any atom is 0.302 e. The fourth-order valence-corrected chi connectivity index (χ4v) is 5.06. The minimum atomic E-state index is -0.247. The van der Waals surface area contributed by atoms with E-state index in [1.807, 2.05) is 13.8 Å². The Kier molecular flexibility index (Phi) is 8.62. The van der Waals surface area contributed by atoms with Gasteiger partial charge in [0.1, 0.15) is 0 Å². The Morgan fingerprint density at radius 3 is 2.11 bits per heavy atom. The zero-order chi connectivity index (χ0) is 27.2. The van der Waals surface area contributed by atoms with E-state index in [0.29, 0.717) is 13.2 Å². The molecule has 0 aliphatic carbocycles. The number of rotatable bonds is 8. The second kappa shape index (κ2) is 12.1. The lowest BCUT2D eigenvalue weighted by molar-refractivity contribution is -0.142. The largest absolute Gasteiger partial charge is 0.466 e. The zero-order valence-corrected chi connectivity index (χ0v) is 23.0. The molecule has 1 aliphatic heterocycles. The monoisotopic (exact) mass is 512 g/mol. The predicted molar refractivity (Wildman–Crippen MR) is 154 cm³/mol. The Hall–Kier alpha value is -3.93. The van der Waals surface area contributed by atoms with Gasteiger partial charge in [0, 0.05) is 37.2 Å². The van der Waals surface area contributed by atoms with E-state index in [1.165, 1.54) is 30.4 Å². The van der Waals surface area contributed by atoms with Crippen LogP contribution in [0.5, 0.6) is 0 Å². The molecule has 2 heterocycles. The maximum absolute atomic E-state index is 11.2. The molecule has 38 heavy (non-hydrogen) atoms. The number of fused-ring (bicyclic) bond motifs is 4. The topological polar surface area (TPSA) is 68.7 Å². The number of aryl methyl sites for hydroxylation is 2. The number of hydrogen-bond donors (Lipinski definition) is 0. The normalized spacial score (nSPS) is 11.6. The first kappa shape index (κ1) is 27.1. The van der Waals surface area contributed by atoms with Crippen LogP contribution in [0.1, 0.15) is 51.7 Å². The van der Waals surface area contributed by atoms with Crippen LogP contribution in [0.3, 0.4) is 0 Å². The molecule has 0 bridgehead atoms. The zero-order valence-electron chi connectivity index (χ0n) is 23.0. The molecule has 0 fully saturated rings. The summed E-state index contributed by atoms with van der Waals surface area (Å²) in [5.74, 6) is -0.494. The van der Waals surface area contributed by atoms with Crippen LogP contribution in [-0.2, 0) is 31.9 Å². The van der Waals surface area contributed by atoms with Gasteiger partial charge in [0.25, 0.3) is 0 Å². The number of para-hydroxylation sites is 1.